The fourth-order valence-corrected chi connectivity index (χ4v) is 3.58. The third-order valence-corrected chi connectivity index (χ3v) is 5.63. The van der Waals surface area contributed by atoms with Crippen LogP contribution in [0.1, 0.15) is 45.4 Å². The van der Waals surface area contributed by atoms with Gasteiger partial charge in [-0.25, -0.2) is 4.39 Å². The highest BCUT2D eigenvalue weighted by Crippen LogP contribution is 2.24. The first kappa shape index (κ1) is 29.7. The smallest absolute Gasteiger partial charge is 0.255 e. The molecular weight excluding hydrogens is 431 g/mol. The summed E-state index contributed by atoms with van der Waals surface area (Å²) in [6.45, 7) is 15.4. The highest BCUT2D eigenvalue weighted by molar-refractivity contribution is 7.09. The number of amides is 2. The van der Waals surface area contributed by atoms with Crippen molar-refractivity contribution in [2.24, 2.45) is 0 Å². The van der Waals surface area contributed by atoms with E-state index in [4.69, 9.17) is 0 Å². The molecule has 0 saturated carbocycles. The fourth-order valence-electron chi connectivity index (χ4n) is 2.87. The van der Waals surface area contributed by atoms with Crippen LogP contribution < -0.4 is 5.32 Å². The van der Waals surface area contributed by atoms with Gasteiger partial charge >= 0.3 is 0 Å². The summed E-state index contributed by atoms with van der Waals surface area (Å²) in [7, 11) is 0. The van der Waals surface area contributed by atoms with E-state index in [-0.39, 0.29) is 11.9 Å². The molecule has 0 aromatic carbocycles. The molecular formula is C24H37FN2O4S. The van der Waals surface area contributed by atoms with Gasteiger partial charge in [0.15, 0.2) is 12.2 Å². The van der Waals surface area contributed by atoms with E-state index >= 15 is 0 Å². The number of hydrogen-bond donors (Lipinski definition) is 3. The molecule has 3 atom stereocenters. The van der Waals surface area contributed by atoms with E-state index in [9.17, 15) is 24.2 Å². The van der Waals surface area contributed by atoms with Crippen molar-refractivity contribution in [3.05, 3.63) is 59.1 Å². The molecule has 0 radical (unpaired) electrons. The third-order valence-electron chi connectivity index (χ3n) is 4.70. The SMILES string of the molecule is C/C=C(\C)F.C=CC(=C)C1CCCN1C(=O)C(O)C(O)C(=O)NCCc1cccs1.CC. The number of aliphatic hydroxyl groups excluding tert-OH is 2. The van der Waals surface area contributed by atoms with Gasteiger partial charge in [-0.15, -0.1) is 11.3 Å². The predicted molar refractivity (Wildman–Crippen MR) is 129 cm³/mol. The van der Waals surface area contributed by atoms with E-state index in [1.165, 1.54) is 17.9 Å². The molecule has 1 fully saturated rings. The van der Waals surface area contributed by atoms with E-state index < -0.39 is 24.0 Å². The van der Waals surface area contributed by atoms with Gasteiger partial charge < -0.3 is 20.4 Å². The van der Waals surface area contributed by atoms with Crippen LogP contribution in [0, 0.1) is 0 Å². The highest BCUT2D eigenvalue weighted by atomic mass is 32.1. The molecule has 1 aliphatic rings. The van der Waals surface area contributed by atoms with Crippen LogP contribution in [-0.4, -0.2) is 58.3 Å². The summed E-state index contributed by atoms with van der Waals surface area (Å²) < 4.78 is 11.3. The van der Waals surface area contributed by atoms with Gasteiger partial charge in [0.2, 0.25) is 0 Å². The zero-order valence-corrected chi connectivity index (χ0v) is 20.3. The van der Waals surface area contributed by atoms with Crippen molar-refractivity contribution in [3.8, 4) is 0 Å². The zero-order valence-electron chi connectivity index (χ0n) is 19.5. The first-order valence-electron chi connectivity index (χ1n) is 10.8. The van der Waals surface area contributed by atoms with Gasteiger partial charge in [-0.2, -0.15) is 0 Å². The maximum absolute atomic E-state index is 12.4. The van der Waals surface area contributed by atoms with Gasteiger partial charge in [0.25, 0.3) is 11.8 Å². The molecule has 0 spiro atoms. The fraction of sp³-hybridized carbons (Fsp3) is 0.500. The van der Waals surface area contributed by atoms with Gasteiger partial charge in [0, 0.05) is 18.0 Å². The Morgan fingerprint density at radius 2 is 2.00 bits per heavy atom. The van der Waals surface area contributed by atoms with Crippen LogP contribution in [0.25, 0.3) is 0 Å². The molecule has 1 aliphatic heterocycles. The van der Waals surface area contributed by atoms with E-state index in [2.05, 4.69) is 18.5 Å². The van der Waals surface area contributed by atoms with Crippen molar-refractivity contribution in [1.29, 1.82) is 0 Å². The van der Waals surface area contributed by atoms with E-state index in [0.29, 0.717) is 25.1 Å². The average molecular weight is 469 g/mol. The minimum absolute atomic E-state index is 0.120. The number of halogens is 1. The molecule has 0 aliphatic carbocycles. The predicted octanol–water partition coefficient (Wildman–Crippen LogP) is 3.77. The van der Waals surface area contributed by atoms with Crippen LogP contribution in [0.3, 0.4) is 0 Å². The Labute approximate surface area is 195 Å². The summed E-state index contributed by atoms with van der Waals surface area (Å²) in [5, 5.41) is 24.6. The molecule has 1 aromatic rings. The Morgan fingerprint density at radius 3 is 2.50 bits per heavy atom. The first-order chi connectivity index (χ1) is 15.2. The molecule has 32 heavy (non-hydrogen) atoms. The lowest BCUT2D eigenvalue weighted by atomic mass is 10.1. The lowest BCUT2D eigenvalue weighted by Gasteiger charge is -2.28. The summed E-state index contributed by atoms with van der Waals surface area (Å²) in [4.78, 5) is 27.0. The molecule has 180 valence electrons. The van der Waals surface area contributed by atoms with Crippen molar-refractivity contribution < 1.29 is 24.2 Å². The molecule has 2 rings (SSSR count). The molecule has 0 bridgehead atoms. The number of carbonyl (C=O) groups is 2. The van der Waals surface area contributed by atoms with Crippen molar-refractivity contribution in [2.45, 2.75) is 65.2 Å². The summed E-state index contributed by atoms with van der Waals surface area (Å²) in [6.07, 6.45) is 1.55. The molecule has 3 N–H and O–H groups in total. The van der Waals surface area contributed by atoms with Crippen LogP contribution in [-0.2, 0) is 16.0 Å². The third kappa shape index (κ3) is 9.89. The summed E-state index contributed by atoms with van der Waals surface area (Å²) in [5.41, 5.74) is 0.688. The molecule has 1 aromatic heterocycles. The average Bonchev–Trinajstić information content (AvgIpc) is 3.51. The summed E-state index contributed by atoms with van der Waals surface area (Å²) in [5.74, 6) is -1.54. The molecule has 8 heteroatoms. The zero-order chi connectivity index (χ0) is 24.7. The van der Waals surface area contributed by atoms with Gasteiger partial charge in [-0.1, -0.05) is 45.2 Å². The number of carbonyl (C=O) groups excluding carboxylic acids is 2. The highest BCUT2D eigenvalue weighted by Gasteiger charge is 2.38. The van der Waals surface area contributed by atoms with Crippen LogP contribution in [0.5, 0.6) is 0 Å². The van der Waals surface area contributed by atoms with Crippen molar-refractivity contribution in [1.82, 2.24) is 10.2 Å². The monoisotopic (exact) mass is 468 g/mol. The van der Waals surface area contributed by atoms with Crippen LogP contribution in [0.4, 0.5) is 4.39 Å². The molecule has 6 nitrogen and oxygen atoms in total. The Kier molecular flexibility index (Phi) is 15.2. The second kappa shape index (κ2) is 16.4. The summed E-state index contributed by atoms with van der Waals surface area (Å²) in [6, 6.07) is 3.63. The minimum atomic E-state index is -1.80. The molecule has 1 saturated heterocycles. The van der Waals surface area contributed by atoms with Crippen LogP contribution in [0.2, 0.25) is 0 Å². The standard InChI is InChI=1S/C18H24N2O4S.C4H7F.C2H6/c1-3-12(2)14-7-4-10-20(14)18(24)16(22)15(21)17(23)19-9-8-13-6-5-11-25-13;1-3-4(2)5;1-2/h3,5-6,11,14-16,21-22H,1-2,4,7-10H2,(H,19,23);3H,1-2H3;1-2H3/b;4-3+;. The molecule has 3 unspecified atom stereocenters. The van der Waals surface area contributed by atoms with Crippen molar-refractivity contribution in [3.63, 3.8) is 0 Å². The number of likely N-dealkylation sites (tertiary alicyclic amines) is 1. The van der Waals surface area contributed by atoms with E-state index in [1.54, 1.807) is 24.3 Å². The van der Waals surface area contributed by atoms with Crippen LogP contribution in [0.15, 0.2) is 54.2 Å². The number of hydrogen-bond acceptors (Lipinski definition) is 5. The lowest BCUT2D eigenvalue weighted by Crippen LogP contribution is -2.52. The van der Waals surface area contributed by atoms with Crippen LogP contribution >= 0.6 is 11.3 Å². The van der Waals surface area contributed by atoms with Gasteiger partial charge in [-0.3, -0.25) is 9.59 Å². The quantitative estimate of drug-likeness (QED) is 0.507. The summed E-state index contributed by atoms with van der Waals surface area (Å²) >= 11 is 1.58. The van der Waals surface area contributed by atoms with Crippen molar-refractivity contribution >= 4 is 23.2 Å². The van der Waals surface area contributed by atoms with Crippen molar-refractivity contribution in [2.75, 3.05) is 13.1 Å². The lowest BCUT2D eigenvalue weighted by molar-refractivity contribution is -0.153. The number of thiophene rings is 1. The number of aliphatic hydroxyl groups is 2. The van der Waals surface area contributed by atoms with E-state index in [0.717, 1.165) is 17.7 Å². The Balaban J connectivity index is 0.00000121. The van der Waals surface area contributed by atoms with Gasteiger partial charge in [0.1, 0.15) is 0 Å². The topological polar surface area (TPSA) is 89.9 Å². The van der Waals surface area contributed by atoms with Gasteiger partial charge in [-0.05, 0) is 50.1 Å². The van der Waals surface area contributed by atoms with E-state index in [1.807, 2.05) is 31.4 Å². The number of rotatable bonds is 8. The Bertz CT molecular complexity index is 745. The second-order valence-electron chi connectivity index (χ2n) is 6.85. The maximum Gasteiger partial charge on any atom is 0.255 e. The first-order valence-corrected chi connectivity index (χ1v) is 11.7. The Morgan fingerprint density at radius 1 is 1.38 bits per heavy atom. The normalized spacial score (nSPS) is 17.2. The number of nitrogens with zero attached hydrogens (tertiary/aromatic N) is 1. The molecule has 2 heterocycles. The number of nitrogens with one attached hydrogen (secondary N) is 1. The maximum atomic E-state index is 12.4. The van der Waals surface area contributed by atoms with Gasteiger partial charge in [0.05, 0.1) is 11.9 Å². The minimum Gasteiger partial charge on any atom is -0.380 e. The molecule has 2 amide bonds. The second-order valence-corrected chi connectivity index (χ2v) is 7.89. The number of allylic oxidation sites excluding steroid dienone is 2. The largest absolute Gasteiger partial charge is 0.380 e. The Hall–Kier alpha value is -2.29.